The van der Waals surface area contributed by atoms with E-state index in [1.807, 2.05) is 66.7 Å². The molecule has 9 rings (SSSR count). The molecular weight excluding hydrogens is 599 g/mol. The maximum atomic E-state index is 6.72. The average molecular weight is 628 g/mol. The Morgan fingerprint density at radius 3 is 1.16 bits per heavy atom. The number of hydrogen-bond donors (Lipinski definition) is 0. The first-order valence-electron chi connectivity index (χ1n) is 16.4. The Balaban J connectivity index is 1.14. The van der Waals surface area contributed by atoms with Crippen LogP contribution < -0.4 is 0 Å². The van der Waals surface area contributed by atoms with Crippen molar-refractivity contribution in [3.63, 3.8) is 0 Å². The van der Waals surface area contributed by atoms with Gasteiger partial charge in [0, 0.05) is 27.5 Å². The van der Waals surface area contributed by atoms with Crippen LogP contribution in [0, 0.1) is 0 Å². The van der Waals surface area contributed by atoms with Crippen LogP contribution in [0.1, 0.15) is 0 Å². The van der Waals surface area contributed by atoms with E-state index in [9.17, 15) is 0 Å². The smallest absolute Gasteiger partial charge is 0.167 e. The lowest BCUT2D eigenvalue weighted by molar-refractivity contribution is 0.670. The van der Waals surface area contributed by atoms with Crippen LogP contribution in [-0.2, 0) is 0 Å². The topological polar surface area (TPSA) is 51.8 Å². The molecule has 0 N–H and O–H groups in total. The minimum atomic E-state index is 0.565. The van der Waals surface area contributed by atoms with E-state index in [1.165, 1.54) is 11.1 Å². The summed E-state index contributed by atoms with van der Waals surface area (Å²) in [6.07, 6.45) is 0. The van der Waals surface area contributed by atoms with Gasteiger partial charge in [-0.2, -0.15) is 0 Å². The Hall–Kier alpha value is -6.65. The summed E-state index contributed by atoms with van der Waals surface area (Å²) in [5.74, 6) is 1.78. The van der Waals surface area contributed by atoms with Gasteiger partial charge >= 0.3 is 0 Å². The number of para-hydroxylation sites is 2. The highest BCUT2D eigenvalue weighted by atomic mass is 16.3. The van der Waals surface area contributed by atoms with Gasteiger partial charge in [0.05, 0.1) is 5.56 Å². The molecule has 0 atom stereocenters. The zero-order valence-corrected chi connectivity index (χ0v) is 26.5. The molecule has 7 aromatic carbocycles. The van der Waals surface area contributed by atoms with Crippen molar-refractivity contribution in [3.8, 4) is 67.5 Å². The van der Waals surface area contributed by atoms with Gasteiger partial charge < -0.3 is 4.42 Å². The Labute approximate surface area is 284 Å². The van der Waals surface area contributed by atoms with E-state index in [0.29, 0.717) is 17.5 Å². The van der Waals surface area contributed by atoms with E-state index in [1.54, 1.807) is 0 Å². The predicted octanol–water partition coefficient (Wildman–Crippen LogP) is 11.8. The highest BCUT2D eigenvalue weighted by Gasteiger charge is 2.19. The molecule has 4 heteroatoms. The molecule has 0 spiro atoms. The van der Waals surface area contributed by atoms with Crippen LogP contribution in [0.25, 0.3) is 89.5 Å². The zero-order valence-electron chi connectivity index (χ0n) is 26.5. The maximum absolute atomic E-state index is 6.72. The average Bonchev–Trinajstić information content (AvgIpc) is 3.58. The van der Waals surface area contributed by atoms with Crippen molar-refractivity contribution in [1.82, 2.24) is 15.0 Å². The first-order valence-corrected chi connectivity index (χ1v) is 16.4. The van der Waals surface area contributed by atoms with Crippen LogP contribution in [0.3, 0.4) is 0 Å². The number of fused-ring (bicyclic) bond motifs is 3. The summed E-state index contributed by atoms with van der Waals surface area (Å²) in [5, 5.41) is 2.08. The number of aromatic nitrogens is 3. The standard InChI is InChI=1S/C45H29N3O/c1-4-12-30(13-5-1)31-22-24-32(25-23-31)33-26-28-36(29-27-33)44-46-43(35-16-8-3-9-17-35)47-45(48-44)40-21-11-20-39-38-19-10-18-37(41(38)49-42(39)40)34-14-6-2-7-15-34/h1-29H. The lowest BCUT2D eigenvalue weighted by Gasteiger charge is -2.10. The van der Waals surface area contributed by atoms with Crippen LogP contribution in [-0.4, -0.2) is 15.0 Å². The molecule has 2 heterocycles. The van der Waals surface area contributed by atoms with Crippen molar-refractivity contribution in [3.05, 3.63) is 176 Å². The molecule has 0 bridgehead atoms. The monoisotopic (exact) mass is 627 g/mol. The van der Waals surface area contributed by atoms with E-state index < -0.39 is 0 Å². The van der Waals surface area contributed by atoms with Crippen LogP contribution >= 0.6 is 0 Å². The van der Waals surface area contributed by atoms with Gasteiger partial charge in [-0.15, -0.1) is 0 Å². The summed E-state index contributed by atoms with van der Waals surface area (Å²) in [6.45, 7) is 0. The van der Waals surface area contributed by atoms with Crippen LogP contribution in [0.2, 0.25) is 0 Å². The van der Waals surface area contributed by atoms with Gasteiger partial charge in [-0.3, -0.25) is 0 Å². The van der Waals surface area contributed by atoms with Crippen LogP contribution in [0.5, 0.6) is 0 Å². The van der Waals surface area contributed by atoms with E-state index in [-0.39, 0.29) is 0 Å². The van der Waals surface area contributed by atoms with Crippen LogP contribution in [0.4, 0.5) is 0 Å². The SMILES string of the molecule is c1ccc(-c2ccc(-c3ccc(-c4nc(-c5ccccc5)nc(-c5cccc6c5oc5c(-c7ccccc7)cccc56)n4)cc3)cc2)cc1. The van der Waals surface area contributed by atoms with Crippen molar-refractivity contribution in [2.75, 3.05) is 0 Å². The van der Waals surface area contributed by atoms with Crippen molar-refractivity contribution < 1.29 is 4.42 Å². The second kappa shape index (κ2) is 12.2. The van der Waals surface area contributed by atoms with E-state index in [2.05, 4.69) is 109 Å². The fourth-order valence-electron chi connectivity index (χ4n) is 6.48. The van der Waals surface area contributed by atoms with Crippen molar-refractivity contribution in [2.45, 2.75) is 0 Å². The number of hydrogen-bond acceptors (Lipinski definition) is 4. The van der Waals surface area contributed by atoms with E-state index in [4.69, 9.17) is 19.4 Å². The molecule has 230 valence electrons. The number of furan rings is 1. The van der Waals surface area contributed by atoms with Crippen LogP contribution in [0.15, 0.2) is 180 Å². The Morgan fingerprint density at radius 2 is 0.633 bits per heavy atom. The normalized spacial score (nSPS) is 11.3. The van der Waals surface area contributed by atoms with Crippen molar-refractivity contribution in [1.29, 1.82) is 0 Å². The molecule has 0 fully saturated rings. The third kappa shape index (κ3) is 5.35. The molecule has 0 radical (unpaired) electrons. The lowest BCUT2D eigenvalue weighted by atomic mass is 9.99. The van der Waals surface area contributed by atoms with E-state index in [0.717, 1.165) is 60.9 Å². The fourth-order valence-corrected chi connectivity index (χ4v) is 6.48. The molecule has 9 aromatic rings. The second-order valence-electron chi connectivity index (χ2n) is 12.0. The Kier molecular flexibility index (Phi) is 7.10. The first-order chi connectivity index (χ1) is 24.3. The minimum absolute atomic E-state index is 0.565. The van der Waals surface area contributed by atoms with Gasteiger partial charge in [-0.25, -0.2) is 15.0 Å². The summed E-state index contributed by atoms with van der Waals surface area (Å²) in [6, 6.07) is 60.4. The Bertz CT molecular complexity index is 2560. The summed E-state index contributed by atoms with van der Waals surface area (Å²) < 4.78 is 6.72. The molecule has 0 amide bonds. The molecule has 0 aliphatic heterocycles. The third-order valence-corrected chi connectivity index (χ3v) is 8.99. The number of benzene rings is 7. The highest BCUT2D eigenvalue weighted by Crippen LogP contribution is 2.39. The summed E-state index contributed by atoms with van der Waals surface area (Å²) >= 11 is 0. The zero-order chi connectivity index (χ0) is 32.6. The molecule has 0 saturated carbocycles. The molecule has 0 saturated heterocycles. The fraction of sp³-hybridized carbons (Fsp3) is 0. The molecule has 2 aromatic heterocycles. The minimum Gasteiger partial charge on any atom is -0.455 e. The summed E-state index contributed by atoms with van der Waals surface area (Å²) in [4.78, 5) is 15.1. The molecule has 4 nitrogen and oxygen atoms in total. The quantitative estimate of drug-likeness (QED) is 0.184. The van der Waals surface area contributed by atoms with Crippen molar-refractivity contribution >= 4 is 21.9 Å². The summed E-state index contributed by atoms with van der Waals surface area (Å²) in [7, 11) is 0. The lowest BCUT2D eigenvalue weighted by Crippen LogP contribution is -2.00. The van der Waals surface area contributed by atoms with Gasteiger partial charge in [-0.05, 0) is 33.9 Å². The van der Waals surface area contributed by atoms with E-state index >= 15 is 0 Å². The van der Waals surface area contributed by atoms with Crippen molar-refractivity contribution in [2.24, 2.45) is 0 Å². The molecule has 0 aliphatic carbocycles. The summed E-state index contributed by atoms with van der Waals surface area (Å²) in [5.41, 5.74) is 11.1. The van der Waals surface area contributed by atoms with Gasteiger partial charge in [-0.1, -0.05) is 170 Å². The predicted molar refractivity (Wildman–Crippen MR) is 200 cm³/mol. The largest absolute Gasteiger partial charge is 0.455 e. The number of nitrogens with zero attached hydrogens (tertiary/aromatic N) is 3. The third-order valence-electron chi connectivity index (χ3n) is 8.99. The van der Waals surface area contributed by atoms with Gasteiger partial charge in [0.1, 0.15) is 11.2 Å². The first kappa shape index (κ1) is 28.6. The number of rotatable bonds is 6. The van der Waals surface area contributed by atoms with Gasteiger partial charge in [0.25, 0.3) is 0 Å². The van der Waals surface area contributed by atoms with Gasteiger partial charge in [0.15, 0.2) is 17.5 Å². The molecule has 0 aliphatic rings. The molecular formula is C45H29N3O. The second-order valence-corrected chi connectivity index (χ2v) is 12.0. The van der Waals surface area contributed by atoms with Gasteiger partial charge in [0.2, 0.25) is 0 Å². The maximum Gasteiger partial charge on any atom is 0.167 e. The molecule has 49 heavy (non-hydrogen) atoms. The Morgan fingerprint density at radius 1 is 0.265 bits per heavy atom. The highest BCUT2D eigenvalue weighted by molar-refractivity contribution is 6.12. The molecule has 0 unspecified atom stereocenters.